The van der Waals surface area contributed by atoms with Crippen LogP contribution in [0.2, 0.25) is 10.0 Å². The molecule has 1 heterocycles. The Morgan fingerprint density at radius 1 is 1.14 bits per heavy atom. The van der Waals surface area contributed by atoms with E-state index in [1.54, 1.807) is 18.2 Å². The Labute approximate surface area is 132 Å². The molecule has 3 rings (SSSR count). The molecular weight excluding hydrogens is 309 g/mol. The summed E-state index contributed by atoms with van der Waals surface area (Å²) in [4.78, 5) is 26.1. The average molecular weight is 320 g/mol. The van der Waals surface area contributed by atoms with Crippen LogP contribution >= 0.6 is 23.2 Å². The van der Waals surface area contributed by atoms with Gasteiger partial charge in [0.1, 0.15) is 0 Å². The average Bonchev–Trinajstić information content (AvgIpc) is 2.78. The molecule has 0 saturated heterocycles. The third-order valence-corrected chi connectivity index (χ3v) is 4.02. The molecule has 0 atom stereocenters. The van der Waals surface area contributed by atoms with E-state index in [4.69, 9.17) is 23.2 Å². The third-order valence-electron chi connectivity index (χ3n) is 3.46. The molecule has 3 nitrogen and oxygen atoms in total. The van der Waals surface area contributed by atoms with Crippen LogP contribution < -0.4 is 0 Å². The third kappa shape index (κ3) is 2.67. The number of fused-ring (bicyclic) bond motifs is 1. The predicted octanol–water partition coefficient (Wildman–Crippen LogP) is 3.83. The number of Topliss-reactive ketones (excluding diaryl/α,β-unsaturated/α-hetero) is 1. The van der Waals surface area contributed by atoms with Crippen molar-refractivity contribution >= 4 is 34.9 Å². The summed E-state index contributed by atoms with van der Waals surface area (Å²) in [6.07, 6.45) is 0. The van der Waals surface area contributed by atoms with Gasteiger partial charge >= 0.3 is 0 Å². The Kier molecular flexibility index (Phi) is 3.70. The fraction of sp³-hybridized carbons (Fsp3) is 0.125. The lowest BCUT2D eigenvalue weighted by Gasteiger charge is -2.15. The SMILES string of the molecule is O=C(CN1Cc2ccccc2C1=O)c1cc(Cl)ccc1Cl. The lowest BCUT2D eigenvalue weighted by molar-refractivity contribution is 0.0729. The van der Waals surface area contributed by atoms with Gasteiger partial charge in [-0.2, -0.15) is 0 Å². The van der Waals surface area contributed by atoms with Crippen LogP contribution in [0.5, 0.6) is 0 Å². The largest absolute Gasteiger partial charge is 0.327 e. The summed E-state index contributed by atoms with van der Waals surface area (Å²) in [5.74, 6) is -0.347. The summed E-state index contributed by atoms with van der Waals surface area (Å²) < 4.78 is 0. The lowest BCUT2D eigenvalue weighted by atomic mass is 10.1. The fourth-order valence-corrected chi connectivity index (χ4v) is 2.81. The predicted molar refractivity (Wildman–Crippen MR) is 82.0 cm³/mol. The Balaban J connectivity index is 1.81. The molecule has 0 aromatic heterocycles. The summed E-state index contributed by atoms with van der Waals surface area (Å²) in [5, 5.41) is 0.785. The van der Waals surface area contributed by atoms with Gasteiger partial charge in [-0.25, -0.2) is 0 Å². The van der Waals surface area contributed by atoms with E-state index in [-0.39, 0.29) is 18.2 Å². The number of benzene rings is 2. The minimum absolute atomic E-state index is 0.00637. The Bertz CT molecular complexity index is 743. The second-order valence-electron chi connectivity index (χ2n) is 4.87. The molecule has 0 radical (unpaired) electrons. The van der Waals surface area contributed by atoms with Crippen LogP contribution in [0.3, 0.4) is 0 Å². The van der Waals surface area contributed by atoms with Crippen LogP contribution in [0.15, 0.2) is 42.5 Å². The van der Waals surface area contributed by atoms with Crippen molar-refractivity contribution in [3.05, 3.63) is 69.2 Å². The van der Waals surface area contributed by atoms with Crippen molar-refractivity contribution in [1.29, 1.82) is 0 Å². The first-order valence-corrected chi connectivity index (χ1v) is 7.17. The molecule has 0 aliphatic carbocycles. The number of halogens is 2. The number of carbonyl (C=O) groups is 2. The minimum Gasteiger partial charge on any atom is -0.327 e. The molecule has 0 N–H and O–H groups in total. The van der Waals surface area contributed by atoms with Gasteiger partial charge in [-0.15, -0.1) is 0 Å². The summed E-state index contributed by atoms with van der Waals surface area (Å²) >= 11 is 11.9. The van der Waals surface area contributed by atoms with Gasteiger partial charge in [-0.1, -0.05) is 41.4 Å². The highest BCUT2D eigenvalue weighted by Gasteiger charge is 2.28. The van der Waals surface area contributed by atoms with Crippen molar-refractivity contribution in [3.8, 4) is 0 Å². The molecule has 0 bridgehead atoms. The topological polar surface area (TPSA) is 37.4 Å². The number of ketones is 1. The zero-order valence-corrected chi connectivity index (χ0v) is 12.5. The maximum atomic E-state index is 12.3. The molecule has 0 unspecified atom stereocenters. The van der Waals surface area contributed by atoms with Gasteiger partial charge in [-0.3, -0.25) is 9.59 Å². The molecule has 1 aliphatic heterocycles. The molecule has 1 amide bonds. The number of amides is 1. The molecule has 21 heavy (non-hydrogen) atoms. The van der Waals surface area contributed by atoms with Crippen molar-refractivity contribution < 1.29 is 9.59 Å². The molecule has 5 heteroatoms. The van der Waals surface area contributed by atoms with Crippen LogP contribution in [0.25, 0.3) is 0 Å². The van der Waals surface area contributed by atoms with Gasteiger partial charge < -0.3 is 4.90 Å². The molecule has 2 aromatic rings. The summed E-state index contributed by atoms with van der Waals surface area (Å²) in [6, 6.07) is 12.1. The van der Waals surface area contributed by atoms with E-state index in [9.17, 15) is 9.59 Å². The van der Waals surface area contributed by atoms with Crippen LogP contribution in [-0.2, 0) is 6.54 Å². The quantitative estimate of drug-likeness (QED) is 0.806. The zero-order chi connectivity index (χ0) is 15.0. The minimum atomic E-state index is -0.219. The molecule has 106 valence electrons. The monoisotopic (exact) mass is 319 g/mol. The van der Waals surface area contributed by atoms with E-state index < -0.39 is 0 Å². The smallest absolute Gasteiger partial charge is 0.254 e. The number of hydrogen-bond donors (Lipinski definition) is 0. The van der Waals surface area contributed by atoms with Crippen molar-refractivity contribution in [2.45, 2.75) is 6.54 Å². The molecule has 0 spiro atoms. The van der Waals surface area contributed by atoms with E-state index in [0.29, 0.717) is 27.7 Å². The first-order valence-electron chi connectivity index (χ1n) is 6.41. The van der Waals surface area contributed by atoms with Gasteiger partial charge in [0.05, 0.1) is 11.6 Å². The van der Waals surface area contributed by atoms with E-state index in [0.717, 1.165) is 5.56 Å². The van der Waals surface area contributed by atoms with E-state index >= 15 is 0 Å². The second kappa shape index (κ2) is 5.51. The first-order chi connectivity index (χ1) is 10.1. The van der Waals surface area contributed by atoms with E-state index in [2.05, 4.69) is 0 Å². The number of carbonyl (C=O) groups excluding carboxylic acids is 2. The molecule has 0 saturated carbocycles. The molecule has 2 aromatic carbocycles. The van der Waals surface area contributed by atoms with Crippen molar-refractivity contribution in [1.82, 2.24) is 4.90 Å². The Hall–Kier alpha value is -1.84. The fourth-order valence-electron chi connectivity index (χ4n) is 2.41. The summed E-state index contributed by atoms with van der Waals surface area (Å²) in [6.45, 7) is 0.437. The van der Waals surface area contributed by atoms with Crippen LogP contribution in [0.4, 0.5) is 0 Å². The molecule has 0 fully saturated rings. The van der Waals surface area contributed by atoms with E-state index in [1.807, 2.05) is 18.2 Å². The van der Waals surface area contributed by atoms with Gasteiger partial charge in [-0.05, 0) is 29.8 Å². The first kappa shape index (κ1) is 14.1. The summed E-state index contributed by atoms with van der Waals surface area (Å²) in [7, 11) is 0. The Morgan fingerprint density at radius 2 is 1.90 bits per heavy atom. The van der Waals surface area contributed by atoms with Gasteiger partial charge in [0.25, 0.3) is 5.91 Å². The highest BCUT2D eigenvalue weighted by atomic mass is 35.5. The van der Waals surface area contributed by atoms with Gasteiger partial charge in [0, 0.05) is 22.7 Å². The van der Waals surface area contributed by atoms with Crippen molar-refractivity contribution in [2.24, 2.45) is 0 Å². The number of nitrogens with zero attached hydrogens (tertiary/aromatic N) is 1. The number of hydrogen-bond acceptors (Lipinski definition) is 2. The lowest BCUT2D eigenvalue weighted by Crippen LogP contribution is -2.30. The van der Waals surface area contributed by atoms with Crippen LogP contribution in [0, 0.1) is 0 Å². The molecular formula is C16H11Cl2NO2. The van der Waals surface area contributed by atoms with Crippen LogP contribution in [0.1, 0.15) is 26.3 Å². The van der Waals surface area contributed by atoms with Crippen molar-refractivity contribution in [3.63, 3.8) is 0 Å². The Morgan fingerprint density at radius 3 is 2.67 bits per heavy atom. The van der Waals surface area contributed by atoms with Gasteiger partial charge in [0.15, 0.2) is 5.78 Å². The number of rotatable bonds is 3. The molecule has 1 aliphatic rings. The van der Waals surface area contributed by atoms with E-state index in [1.165, 1.54) is 11.0 Å². The van der Waals surface area contributed by atoms with Crippen LogP contribution in [-0.4, -0.2) is 23.1 Å². The highest BCUT2D eigenvalue weighted by Crippen LogP contribution is 2.25. The van der Waals surface area contributed by atoms with Gasteiger partial charge in [0.2, 0.25) is 0 Å². The maximum absolute atomic E-state index is 12.3. The second-order valence-corrected chi connectivity index (χ2v) is 5.71. The van der Waals surface area contributed by atoms with Crippen molar-refractivity contribution in [2.75, 3.05) is 6.54 Å². The maximum Gasteiger partial charge on any atom is 0.254 e. The zero-order valence-electron chi connectivity index (χ0n) is 11.0. The highest BCUT2D eigenvalue weighted by molar-refractivity contribution is 6.36. The summed E-state index contributed by atoms with van der Waals surface area (Å²) in [5.41, 5.74) is 1.93. The normalized spacial score (nSPS) is 13.4. The standard InChI is InChI=1S/C16H11Cl2NO2/c17-11-5-6-14(18)13(7-11)15(20)9-19-8-10-3-1-2-4-12(10)16(19)21/h1-7H,8-9H2.